The summed E-state index contributed by atoms with van der Waals surface area (Å²) >= 11 is 0. The van der Waals surface area contributed by atoms with Crippen molar-refractivity contribution in [3.05, 3.63) is 41.8 Å². The molecule has 2 aromatic rings. The van der Waals surface area contributed by atoms with Crippen molar-refractivity contribution in [3.63, 3.8) is 0 Å². The summed E-state index contributed by atoms with van der Waals surface area (Å²) in [5, 5.41) is 4.26. The lowest BCUT2D eigenvalue weighted by molar-refractivity contribution is 0.313. The quantitative estimate of drug-likeness (QED) is 0.876. The van der Waals surface area contributed by atoms with E-state index in [1.165, 1.54) is 12.1 Å². The van der Waals surface area contributed by atoms with Crippen molar-refractivity contribution in [2.45, 2.75) is 6.92 Å². The summed E-state index contributed by atoms with van der Waals surface area (Å²) < 4.78 is 19.8. The Bertz CT molecular complexity index is 493. The summed E-state index contributed by atoms with van der Waals surface area (Å²) in [6, 6.07) is 7.96. The SMILES string of the molecule is Cc1cc(OCCN)nn1-c1ccc(F)cc1. The van der Waals surface area contributed by atoms with Gasteiger partial charge in [-0.2, -0.15) is 0 Å². The highest BCUT2D eigenvalue weighted by atomic mass is 19.1. The Balaban J connectivity index is 2.26. The molecule has 0 spiro atoms. The molecule has 0 amide bonds. The maximum atomic E-state index is 12.8. The van der Waals surface area contributed by atoms with Crippen LogP contribution in [-0.4, -0.2) is 22.9 Å². The van der Waals surface area contributed by atoms with Gasteiger partial charge in [0.15, 0.2) is 0 Å². The zero-order valence-electron chi connectivity index (χ0n) is 9.56. The van der Waals surface area contributed by atoms with E-state index >= 15 is 0 Å². The van der Waals surface area contributed by atoms with Crippen molar-refractivity contribution in [1.82, 2.24) is 9.78 Å². The molecule has 1 aromatic heterocycles. The van der Waals surface area contributed by atoms with Crippen molar-refractivity contribution in [1.29, 1.82) is 0 Å². The lowest BCUT2D eigenvalue weighted by Gasteiger charge is -2.03. The lowest BCUT2D eigenvalue weighted by atomic mass is 10.3. The second-order valence-corrected chi connectivity index (χ2v) is 3.65. The van der Waals surface area contributed by atoms with Gasteiger partial charge in [0.05, 0.1) is 5.69 Å². The average molecular weight is 235 g/mol. The molecule has 0 atom stereocenters. The Morgan fingerprint density at radius 3 is 2.71 bits per heavy atom. The number of hydrogen-bond donors (Lipinski definition) is 1. The summed E-state index contributed by atoms with van der Waals surface area (Å²) in [6.07, 6.45) is 0. The average Bonchev–Trinajstić information content (AvgIpc) is 2.69. The predicted molar refractivity (Wildman–Crippen MR) is 62.8 cm³/mol. The molecule has 0 fully saturated rings. The molecular weight excluding hydrogens is 221 g/mol. The van der Waals surface area contributed by atoms with Crippen LogP contribution in [0.4, 0.5) is 4.39 Å². The molecule has 0 radical (unpaired) electrons. The van der Waals surface area contributed by atoms with Gasteiger partial charge in [0.1, 0.15) is 12.4 Å². The highest BCUT2D eigenvalue weighted by Crippen LogP contribution is 2.16. The third-order valence-corrected chi connectivity index (χ3v) is 2.30. The van der Waals surface area contributed by atoms with Crippen LogP contribution in [0.1, 0.15) is 5.69 Å². The Hall–Kier alpha value is -1.88. The molecule has 90 valence electrons. The molecule has 4 nitrogen and oxygen atoms in total. The van der Waals surface area contributed by atoms with Gasteiger partial charge in [0.25, 0.3) is 0 Å². The van der Waals surface area contributed by atoms with Crippen molar-refractivity contribution in [3.8, 4) is 11.6 Å². The van der Waals surface area contributed by atoms with Gasteiger partial charge in [0.2, 0.25) is 5.88 Å². The van der Waals surface area contributed by atoms with Crippen LogP contribution in [-0.2, 0) is 0 Å². The normalized spacial score (nSPS) is 10.5. The minimum atomic E-state index is -0.266. The number of aryl methyl sites for hydroxylation is 1. The van der Waals surface area contributed by atoms with E-state index in [1.54, 1.807) is 16.8 Å². The van der Waals surface area contributed by atoms with E-state index in [-0.39, 0.29) is 5.82 Å². The van der Waals surface area contributed by atoms with Gasteiger partial charge in [-0.1, -0.05) is 0 Å². The lowest BCUT2D eigenvalue weighted by Crippen LogP contribution is -2.11. The monoisotopic (exact) mass is 235 g/mol. The van der Waals surface area contributed by atoms with Crippen LogP contribution >= 0.6 is 0 Å². The first-order valence-electron chi connectivity index (χ1n) is 5.36. The van der Waals surface area contributed by atoms with Crippen LogP contribution in [0.2, 0.25) is 0 Å². The molecule has 5 heteroatoms. The maximum absolute atomic E-state index is 12.8. The fraction of sp³-hybridized carbons (Fsp3) is 0.250. The molecule has 0 unspecified atom stereocenters. The molecule has 2 N–H and O–H groups in total. The summed E-state index contributed by atoms with van der Waals surface area (Å²) in [7, 11) is 0. The topological polar surface area (TPSA) is 53.1 Å². The zero-order valence-corrected chi connectivity index (χ0v) is 9.56. The maximum Gasteiger partial charge on any atom is 0.233 e. The predicted octanol–water partition coefficient (Wildman–Crippen LogP) is 1.66. The first kappa shape index (κ1) is 11.6. The minimum absolute atomic E-state index is 0.266. The number of nitrogens with two attached hydrogens (primary N) is 1. The van der Waals surface area contributed by atoms with Crippen molar-refractivity contribution in [2.75, 3.05) is 13.2 Å². The third-order valence-electron chi connectivity index (χ3n) is 2.30. The molecule has 0 aliphatic heterocycles. The van der Waals surface area contributed by atoms with Gasteiger partial charge in [-0.05, 0) is 31.2 Å². The van der Waals surface area contributed by atoms with Gasteiger partial charge < -0.3 is 10.5 Å². The molecule has 0 aliphatic carbocycles. The Kier molecular flexibility index (Phi) is 3.39. The van der Waals surface area contributed by atoms with Crippen LogP contribution in [0.5, 0.6) is 5.88 Å². The second kappa shape index (κ2) is 4.97. The van der Waals surface area contributed by atoms with Crippen LogP contribution < -0.4 is 10.5 Å². The molecule has 0 saturated heterocycles. The smallest absolute Gasteiger partial charge is 0.233 e. The number of rotatable bonds is 4. The van der Waals surface area contributed by atoms with Gasteiger partial charge in [-0.25, -0.2) is 9.07 Å². The van der Waals surface area contributed by atoms with Gasteiger partial charge >= 0.3 is 0 Å². The first-order chi connectivity index (χ1) is 8.20. The highest BCUT2D eigenvalue weighted by molar-refractivity contribution is 5.34. The molecule has 0 aliphatic rings. The van der Waals surface area contributed by atoms with E-state index in [1.807, 2.05) is 13.0 Å². The fourth-order valence-corrected chi connectivity index (χ4v) is 1.52. The van der Waals surface area contributed by atoms with E-state index in [0.29, 0.717) is 19.0 Å². The Labute approximate surface area is 98.8 Å². The Morgan fingerprint density at radius 2 is 2.06 bits per heavy atom. The number of nitrogens with zero attached hydrogens (tertiary/aromatic N) is 2. The van der Waals surface area contributed by atoms with E-state index in [0.717, 1.165) is 11.4 Å². The molecule has 2 rings (SSSR count). The van der Waals surface area contributed by atoms with Crippen LogP contribution in [0.15, 0.2) is 30.3 Å². The van der Waals surface area contributed by atoms with Crippen LogP contribution in [0, 0.1) is 12.7 Å². The second-order valence-electron chi connectivity index (χ2n) is 3.65. The van der Waals surface area contributed by atoms with Crippen LogP contribution in [0.3, 0.4) is 0 Å². The first-order valence-corrected chi connectivity index (χ1v) is 5.36. The number of ether oxygens (including phenoxy) is 1. The summed E-state index contributed by atoms with van der Waals surface area (Å²) in [4.78, 5) is 0. The Morgan fingerprint density at radius 1 is 1.35 bits per heavy atom. The number of hydrogen-bond acceptors (Lipinski definition) is 3. The zero-order chi connectivity index (χ0) is 12.3. The summed E-state index contributed by atoms with van der Waals surface area (Å²) in [5.41, 5.74) is 7.07. The number of aromatic nitrogens is 2. The van der Waals surface area contributed by atoms with Gasteiger partial charge in [0, 0.05) is 18.3 Å². The highest BCUT2D eigenvalue weighted by Gasteiger charge is 2.06. The standard InChI is InChI=1S/C12H14FN3O/c1-9-8-12(17-7-6-14)15-16(9)11-4-2-10(13)3-5-11/h2-5,8H,6-7,14H2,1H3. The number of benzene rings is 1. The van der Waals surface area contributed by atoms with Crippen LogP contribution in [0.25, 0.3) is 5.69 Å². The fourth-order valence-electron chi connectivity index (χ4n) is 1.52. The van der Waals surface area contributed by atoms with Gasteiger partial charge in [-0.3, -0.25) is 0 Å². The molecule has 0 bridgehead atoms. The largest absolute Gasteiger partial charge is 0.475 e. The van der Waals surface area contributed by atoms with E-state index in [4.69, 9.17) is 10.5 Å². The van der Waals surface area contributed by atoms with E-state index in [2.05, 4.69) is 5.10 Å². The van der Waals surface area contributed by atoms with Crippen molar-refractivity contribution >= 4 is 0 Å². The number of halogens is 1. The minimum Gasteiger partial charge on any atom is -0.475 e. The molecule has 1 heterocycles. The van der Waals surface area contributed by atoms with Gasteiger partial charge in [-0.15, -0.1) is 5.10 Å². The third kappa shape index (κ3) is 2.62. The van der Waals surface area contributed by atoms with E-state index < -0.39 is 0 Å². The summed E-state index contributed by atoms with van der Waals surface area (Å²) in [5.74, 6) is 0.260. The summed E-state index contributed by atoms with van der Waals surface area (Å²) in [6.45, 7) is 2.79. The molecule has 17 heavy (non-hydrogen) atoms. The molecular formula is C12H14FN3O. The molecule has 1 aromatic carbocycles. The van der Waals surface area contributed by atoms with Crippen molar-refractivity contribution < 1.29 is 9.13 Å². The van der Waals surface area contributed by atoms with Crippen molar-refractivity contribution in [2.24, 2.45) is 5.73 Å². The van der Waals surface area contributed by atoms with E-state index in [9.17, 15) is 4.39 Å². The molecule has 0 saturated carbocycles.